The summed E-state index contributed by atoms with van der Waals surface area (Å²) in [6, 6.07) is 1.92. The van der Waals surface area contributed by atoms with Crippen LogP contribution in [0.2, 0.25) is 0 Å². The lowest BCUT2D eigenvalue weighted by Crippen LogP contribution is -2.40. The molecule has 0 bridgehead atoms. The Morgan fingerprint density at radius 1 is 1.40 bits per heavy atom. The molecule has 1 aromatic rings. The second-order valence-corrected chi connectivity index (χ2v) is 5.82. The molecule has 1 saturated heterocycles. The number of rotatable bonds is 1. The lowest BCUT2D eigenvalue weighted by atomic mass is 10.3. The maximum atomic E-state index is 5.58. The topological polar surface area (TPSA) is 55.0 Å². The minimum absolute atomic E-state index is 0.353. The van der Waals surface area contributed by atoms with Gasteiger partial charge in [0.2, 0.25) is 5.95 Å². The van der Waals surface area contributed by atoms with Crippen LogP contribution in [0.4, 0.5) is 11.8 Å². The molecule has 15 heavy (non-hydrogen) atoms. The molecule has 0 spiro atoms. The number of hydrogen-bond acceptors (Lipinski definition) is 5. The first-order valence-corrected chi connectivity index (χ1v) is 6.08. The fraction of sp³-hybridized carbons (Fsp3) is 0.600. The summed E-state index contributed by atoms with van der Waals surface area (Å²) in [5.41, 5.74) is 5.58. The Morgan fingerprint density at radius 2 is 2.07 bits per heavy atom. The van der Waals surface area contributed by atoms with Crippen LogP contribution in [0.3, 0.4) is 0 Å². The van der Waals surface area contributed by atoms with E-state index in [0.717, 1.165) is 18.9 Å². The van der Waals surface area contributed by atoms with Gasteiger partial charge in [0.15, 0.2) is 0 Å². The van der Waals surface area contributed by atoms with Crippen LogP contribution in [0.25, 0.3) is 0 Å². The van der Waals surface area contributed by atoms with E-state index >= 15 is 0 Å². The molecule has 0 radical (unpaired) electrons. The average molecular weight is 224 g/mol. The molecule has 4 nitrogen and oxygen atoms in total. The Hall–Kier alpha value is -0.970. The van der Waals surface area contributed by atoms with E-state index in [2.05, 4.69) is 28.7 Å². The summed E-state index contributed by atoms with van der Waals surface area (Å²) in [4.78, 5) is 10.4. The van der Waals surface area contributed by atoms with Crippen molar-refractivity contribution in [1.82, 2.24) is 9.97 Å². The molecule has 0 aromatic carbocycles. The Morgan fingerprint density at radius 3 is 2.67 bits per heavy atom. The third-order valence-corrected chi connectivity index (χ3v) is 3.63. The summed E-state index contributed by atoms with van der Waals surface area (Å²) in [7, 11) is 0. The molecule has 1 fully saturated rings. The van der Waals surface area contributed by atoms with Gasteiger partial charge in [-0.1, -0.05) is 13.8 Å². The molecule has 2 unspecified atom stereocenters. The average Bonchev–Trinajstić information content (AvgIpc) is 2.16. The third kappa shape index (κ3) is 2.53. The van der Waals surface area contributed by atoms with Crippen molar-refractivity contribution in [3.8, 4) is 0 Å². The quantitative estimate of drug-likeness (QED) is 0.781. The maximum absolute atomic E-state index is 5.58. The monoisotopic (exact) mass is 224 g/mol. The minimum Gasteiger partial charge on any atom is -0.368 e. The van der Waals surface area contributed by atoms with Crippen LogP contribution in [0.1, 0.15) is 13.8 Å². The summed E-state index contributed by atoms with van der Waals surface area (Å²) in [6.45, 7) is 6.56. The van der Waals surface area contributed by atoms with Gasteiger partial charge in [-0.2, -0.15) is 16.7 Å². The van der Waals surface area contributed by atoms with E-state index in [1.165, 1.54) is 0 Å². The highest BCUT2D eigenvalue weighted by atomic mass is 32.2. The lowest BCUT2D eigenvalue weighted by Gasteiger charge is -2.35. The first-order valence-electron chi connectivity index (χ1n) is 5.14. The van der Waals surface area contributed by atoms with Crippen molar-refractivity contribution in [1.29, 1.82) is 0 Å². The van der Waals surface area contributed by atoms with E-state index < -0.39 is 0 Å². The molecule has 82 valence electrons. The van der Waals surface area contributed by atoms with E-state index in [1.807, 2.05) is 17.8 Å². The summed E-state index contributed by atoms with van der Waals surface area (Å²) in [5.74, 6) is 1.30. The molecule has 2 N–H and O–H groups in total. The van der Waals surface area contributed by atoms with Crippen molar-refractivity contribution in [3.63, 3.8) is 0 Å². The van der Waals surface area contributed by atoms with Gasteiger partial charge in [0, 0.05) is 29.8 Å². The Bertz CT molecular complexity index is 334. The molecule has 2 rings (SSSR count). The zero-order valence-electron chi connectivity index (χ0n) is 9.05. The van der Waals surface area contributed by atoms with Crippen LogP contribution >= 0.6 is 11.8 Å². The standard InChI is InChI=1S/C10H16N4S/c1-7-5-14(6-8(2)15-7)9-3-4-12-10(11)13-9/h3-4,7-8H,5-6H2,1-2H3,(H2,11,12,13). The number of aromatic nitrogens is 2. The SMILES string of the molecule is CC1CN(c2ccnc(N)n2)CC(C)S1. The molecular formula is C10H16N4S. The van der Waals surface area contributed by atoms with Gasteiger partial charge in [-0.15, -0.1) is 0 Å². The van der Waals surface area contributed by atoms with Gasteiger partial charge in [0.1, 0.15) is 5.82 Å². The highest BCUT2D eigenvalue weighted by molar-refractivity contribution is 8.00. The van der Waals surface area contributed by atoms with Gasteiger partial charge in [-0.05, 0) is 6.07 Å². The van der Waals surface area contributed by atoms with Crippen LogP contribution in [-0.4, -0.2) is 33.6 Å². The minimum atomic E-state index is 0.353. The number of anilines is 2. The van der Waals surface area contributed by atoms with E-state index in [9.17, 15) is 0 Å². The van der Waals surface area contributed by atoms with Crippen LogP contribution in [0.5, 0.6) is 0 Å². The highest BCUT2D eigenvalue weighted by Gasteiger charge is 2.23. The number of nitrogens with zero attached hydrogens (tertiary/aromatic N) is 3. The molecule has 2 atom stereocenters. The number of thioether (sulfide) groups is 1. The Balaban J connectivity index is 2.16. The van der Waals surface area contributed by atoms with Crippen LogP contribution < -0.4 is 10.6 Å². The number of nitrogen functional groups attached to an aromatic ring is 1. The van der Waals surface area contributed by atoms with Crippen LogP contribution in [-0.2, 0) is 0 Å². The van der Waals surface area contributed by atoms with Crippen LogP contribution in [0.15, 0.2) is 12.3 Å². The van der Waals surface area contributed by atoms with E-state index in [-0.39, 0.29) is 0 Å². The normalized spacial score (nSPS) is 26.7. The number of hydrogen-bond donors (Lipinski definition) is 1. The second-order valence-electron chi connectivity index (χ2n) is 3.94. The summed E-state index contributed by atoms with van der Waals surface area (Å²) >= 11 is 2.03. The molecule has 1 aliphatic rings. The van der Waals surface area contributed by atoms with E-state index in [1.54, 1.807) is 6.20 Å². The third-order valence-electron chi connectivity index (χ3n) is 2.40. The van der Waals surface area contributed by atoms with Gasteiger partial charge in [0.05, 0.1) is 0 Å². The van der Waals surface area contributed by atoms with Gasteiger partial charge >= 0.3 is 0 Å². The Labute approximate surface area is 94.3 Å². The molecule has 0 saturated carbocycles. The van der Waals surface area contributed by atoms with Crippen molar-refractivity contribution >= 4 is 23.5 Å². The zero-order chi connectivity index (χ0) is 10.8. The second kappa shape index (κ2) is 4.26. The van der Waals surface area contributed by atoms with Crippen molar-refractivity contribution in [2.24, 2.45) is 0 Å². The van der Waals surface area contributed by atoms with Crippen molar-refractivity contribution in [3.05, 3.63) is 12.3 Å². The molecule has 0 amide bonds. The molecule has 0 aliphatic carbocycles. The van der Waals surface area contributed by atoms with Gasteiger partial charge in [-0.3, -0.25) is 0 Å². The smallest absolute Gasteiger partial charge is 0.221 e. The van der Waals surface area contributed by atoms with Gasteiger partial charge < -0.3 is 10.6 Å². The van der Waals surface area contributed by atoms with Crippen molar-refractivity contribution < 1.29 is 0 Å². The predicted molar refractivity (Wildman–Crippen MR) is 65.2 cm³/mol. The fourth-order valence-corrected chi connectivity index (χ4v) is 3.23. The van der Waals surface area contributed by atoms with Crippen LogP contribution in [0, 0.1) is 0 Å². The maximum Gasteiger partial charge on any atom is 0.221 e. The van der Waals surface area contributed by atoms with E-state index in [0.29, 0.717) is 16.4 Å². The summed E-state index contributed by atoms with van der Waals surface area (Å²) < 4.78 is 0. The number of nitrogens with two attached hydrogens (primary N) is 1. The van der Waals surface area contributed by atoms with Gasteiger partial charge in [0.25, 0.3) is 0 Å². The molecule has 5 heteroatoms. The summed E-state index contributed by atoms with van der Waals surface area (Å²) in [6.07, 6.45) is 1.72. The highest BCUT2D eigenvalue weighted by Crippen LogP contribution is 2.27. The zero-order valence-corrected chi connectivity index (χ0v) is 9.87. The van der Waals surface area contributed by atoms with E-state index in [4.69, 9.17) is 5.73 Å². The molecule has 1 aliphatic heterocycles. The molecule has 2 heterocycles. The molecule has 1 aromatic heterocycles. The predicted octanol–water partition coefficient (Wildman–Crippen LogP) is 1.39. The van der Waals surface area contributed by atoms with Crippen molar-refractivity contribution in [2.45, 2.75) is 24.3 Å². The largest absolute Gasteiger partial charge is 0.368 e. The summed E-state index contributed by atoms with van der Waals surface area (Å²) in [5, 5.41) is 1.29. The fourth-order valence-electron chi connectivity index (χ4n) is 1.90. The van der Waals surface area contributed by atoms with Crippen molar-refractivity contribution in [2.75, 3.05) is 23.7 Å². The Kier molecular flexibility index (Phi) is 3.00. The first-order chi connectivity index (χ1) is 7.15. The lowest BCUT2D eigenvalue weighted by molar-refractivity contribution is 0.718. The first kappa shape index (κ1) is 10.5. The molecular weight excluding hydrogens is 208 g/mol. The van der Waals surface area contributed by atoms with Gasteiger partial charge in [-0.25, -0.2) is 4.98 Å².